The van der Waals surface area contributed by atoms with Gasteiger partial charge >= 0.3 is 0 Å². The summed E-state index contributed by atoms with van der Waals surface area (Å²) < 4.78 is 6.96. The molecule has 28 heavy (non-hydrogen) atoms. The Hall–Kier alpha value is -2.55. The topological polar surface area (TPSA) is 96.7 Å². The lowest BCUT2D eigenvalue weighted by Crippen LogP contribution is -2.66. The van der Waals surface area contributed by atoms with Crippen molar-refractivity contribution < 1.29 is 14.6 Å². The molecule has 8 nitrogen and oxygen atoms in total. The van der Waals surface area contributed by atoms with Gasteiger partial charge in [-0.15, -0.1) is 0 Å². The first-order chi connectivity index (χ1) is 13.5. The summed E-state index contributed by atoms with van der Waals surface area (Å²) in [5.74, 6) is -0.514. The number of aliphatic hydroxyl groups is 1. The minimum Gasteiger partial charge on any atom is -0.394 e. The number of carbonyl (C=O) groups is 1. The van der Waals surface area contributed by atoms with E-state index in [0.717, 1.165) is 5.56 Å². The molecule has 1 aliphatic rings. The molecule has 0 saturated carbocycles. The quantitative estimate of drug-likeness (QED) is 0.734. The fraction of sp³-hybridized carbons (Fsp3) is 0.450. The van der Waals surface area contributed by atoms with Gasteiger partial charge in [-0.25, -0.2) is 4.98 Å². The number of rotatable bonds is 6. The molecule has 3 rings (SSSR count). The third-order valence-corrected chi connectivity index (χ3v) is 5.18. The summed E-state index contributed by atoms with van der Waals surface area (Å²) >= 11 is 0. The van der Waals surface area contributed by atoms with Gasteiger partial charge in [0.05, 0.1) is 31.7 Å². The van der Waals surface area contributed by atoms with Crippen molar-refractivity contribution in [3.63, 3.8) is 0 Å². The number of hydrogen-bond acceptors (Lipinski definition) is 6. The van der Waals surface area contributed by atoms with Gasteiger partial charge in [-0.2, -0.15) is 0 Å². The molecule has 8 heteroatoms. The highest BCUT2D eigenvalue weighted by atomic mass is 16.5. The summed E-state index contributed by atoms with van der Waals surface area (Å²) in [4.78, 5) is 30.8. The van der Waals surface area contributed by atoms with E-state index >= 15 is 0 Å². The number of ether oxygens (including phenoxy) is 1. The number of morpholine rings is 1. The van der Waals surface area contributed by atoms with Crippen molar-refractivity contribution in [3.05, 3.63) is 64.3 Å². The van der Waals surface area contributed by atoms with E-state index in [0.29, 0.717) is 13.2 Å². The lowest BCUT2D eigenvalue weighted by Gasteiger charge is -2.49. The highest BCUT2D eigenvalue weighted by Crippen LogP contribution is 2.26. The SMILES string of the molecule is C[C@@H]1COC[C@@](CO)(CNC(=O)c2cncn(C)c2=O)N1Cc1ccccc1. The van der Waals surface area contributed by atoms with E-state index in [-0.39, 0.29) is 31.4 Å². The predicted molar refractivity (Wildman–Crippen MR) is 104 cm³/mol. The highest BCUT2D eigenvalue weighted by molar-refractivity contribution is 5.93. The molecule has 1 aromatic heterocycles. The number of benzene rings is 1. The molecule has 0 radical (unpaired) electrons. The van der Waals surface area contributed by atoms with Crippen LogP contribution in [-0.4, -0.2) is 63.4 Å². The summed E-state index contributed by atoms with van der Waals surface area (Å²) in [6.07, 6.45) is 2.61. The van der Waals surface area contributed by atoms with E-state index in [9.17, 15) is 14.7 Å². The predicted octanol–water partition coefficient (Wildman–Crippen LogP) is 0.162. The average Bonchev–Trinajstić information content (AvgIpc) is 2.71. The van der Waals surface area contributed by atoms with Crippen LogP contribution in [0.3, 0.4) is 0 Å². The molecular formula is C20H26N4O4. The fourth-order valence-corrected chi connectivity index (χ4v) is 3.51. The van der Waals surface area contributed by atoms with Crippen molar-refractivity contribution >= 4 is 5.91 Å². The van der Waals surface area contributed by atoms with Gasteiger partial charge in [-0.05, 0) is 12.5 Å². The Kier molecular flexibility index (Phi) is 6.23. The Morgan fingerprint density at radius 2 is 2.14 bits per heavy atom. The molecule has 0 unspecified atom stereocenters. The largest absolute Gasteiger partial charge is 0.394 e. The lowest BCUT2D eigenvalue weighted by atomic mass is 9.94. The maximum atomic E-state index is 12.6. The zero-order valence-electron chi connectivity index (χ0n) is 16.2. The third-order valence-electron chi connectivity index (χ3n) is 5.18. The molecular weight excluding hydrogens is 360 g/mol. The van der Waals surface area contributed by atoms with Crippen molar-refractivity contribution in [2.24, 2.45) is 7.05 Å². The molecule has 2 N–H and O–H groups in total. The van der Waals surface area contributed by atoms with Crippen LogP contribution in [0.15, 0.2) is 47.7 Å². The first-order valence-corrected chi connectivity index (χ1v) is 9.25. The van der Waals surface area contributed by atoms with Crippen molar-refractivity contribution in [2.45, 2.75) is 25.0 Å². The second-order valence-corrected chi connectivity index (χ2v) is 7.27. The maximum absolute atomic E-state index is 12.6. The Morgan fingerprint density at radius 1 is 1.39 bits per heavy atom. The van der Waals surface area contributed by atoms with Gasteiger partial charge in [0.1, 0.15) is 5.56 Å². The zero-order chi connectivity index (χ0) is 20.1. The van der Waals surface area contributed by atoms with Crippen molar-refractivity contribution in [1.29, 1.82) is 0 Å². The van der Waals surface area contributed by atoms with Crippen LogP contribution in [-0.2, 0) is 18.3 Å². The normalized spacial score (nSPS) is 22.8. The van der Waals surface area contributed by atoms with Gasteiger partial charge < -0.3 is 19.7 Å². The Balaban J connectivity index is 1.80. The summed E-state index contributed by atoms with van der Waals surface area (Å²) in [5, 5.41) is 13.0. The Labute approximate surface area is 163 Å². The monoisotopic (exact) mass is 386 g/mol. The van der Waals surface area contributed by atoms with Crippen LogP contribution in [0.2, 0.25) is 0 Å². The molecule has 1 aromatic carbocycles. The van der Waals surface area contributed by atoms with Crippen LogP contribution in [0.5, 0.6) is 0 Å². The van der Waals surface area contributed by atoms with Crippen molar-refractivity contribution in [1.82, 2.24) is 19.8 Å². The minimum atomic E-state index is -0.781. The van der Waals surface area contributed by atoms with E-state index in [1.54, 1.807) is 7.05 Å². The van der Waals surface area contributed by atoms with Crippen LogP contribution < -0.4 is 10.9 Å². The summed E-state index contributed by atoms with van der Waals surface area (Å²) in [5.41, 5.74) is -0.115. The van der Waals surface area contributed by atoms with Gasteiger partial charge in [0.25, 0.3) is 11.5 Å². The molecule has 1 fully saturated rings. The van der Waals surface area contributed by atoms with Crippen molar-refractivity contribution in [2.75, 3.05) is 26.4 Å². The first-order valence-electron chi connectivity index (χ1n) is 9.25. The Morgan fingerprint density at radius 3 is 2.86 bits per heavy atom. The van der Waals surface area contributed by atoms with Crippen LogP contribution in [0.1, 0.15) is 22.8 Å². The molecule has 0 aliphatic carbocycles. The van der Waals surface area contributed by atoms with Crippen molar-refractivity contribution in [3.8, 4) is 0 Å². The smallest absolute Gasteiger partial charge is 0.265 e. The minimum absolute atomic E-state index is 0.0301. The number of nitrogens with one attached hydrogen (secondary N) is 1. The number of aliphatic hydroxyl groups excluding tert-OH is 1. The molecule has 0 bridgehead atoms. The number of amides is 1. The Bertz CT molecular complexity index is 870. The highest BCUT2D eigenvalue weighted by Gasteiger charge is 2.43. The number of carbonyl (C=O) groups excluding carboxylic acids is 1. The van der Waals surface area contributed by atoms with Gasteiger partial charge in [0.2, 0.25) is 0 Å². The van der Waals surface area contributed by atoms with Crippen LogP contribution in [0.25, 0.3) is 0 Å². The second-order valence-electron chi connectivity index (χ2n) is 7.27. The molecule has 1 amide bonds. The lowest BCUT2D eigenvalue weighted by molar-refractivity contribution is -0.121. The molecule has 1 saturated heterocycles. The van der Waals surface area contributed by atoms with Crippen LogP contribution in [0, 0.1) is 0 Å². The number of aryl methyl sites for hydroxylation is 1. The molecule has 150 valence electrons. The third kappa shape index (κ3) is 4.14. The fourth-order valence-electron chi connectivity index (χ4n) is 3.51. The summed E-state index contributed by atoms with van der Waals surface area (Å²) in [7, 11) is 1.54. The van der Waals surface area contributed by atoms with E-state index in [1.807, 2.05) is 37.3 Å². The number of nitrogens with zero attached hydrogens (tertiary/aromatic N) is 3. The van der Waals surface area contributed by atoms with E-state index in [1.165, 1.54) is 17.1 Å². The van der Waals surface area contributed by atoms with Gasteiger partial charge in [0, 0.05) is 32.4 Å². The average molecular weight is 386 g/mol. The standard InChI is InChI=1S/C20H26N4O4/c1-15-10-28-13-20(12-25,24(15)9-16-6-4-3-5-7-16)11-22-18(26)17-8-21-14-23(2)19(17)27/h3-8,14-15,25H,9-13H2,1-2H3,(H,22,26)/t15-,20+/m1/s1. The zero-order valence-corrected chi connectivity index (χ0v) is 16.2. The molecule has 1 aliphatic heterocycles. The van der Waals surface area contributed by atoms with Gasteiger partial charge in [-0.1, -0.05) is 30.3 Å². The van der Waals surface area contributed by atoms with E-state index in [2.05, 4.69) is 15.2 Å². The molecule has 2 atom stereocenters. The molecule has 0 spiro atoms. The molecule has 2 aromatic rings. The second kappa shape index (κ2) is 8.64. The van der Waals surface area contributed by atoms with Gasteiger partial charge in [0.15, 0.2) is 0 Å². The summed E-state index contributed by atoms with van der Waals surface area (Å²) in [6, 6.07) is 10.0. The van der Waals surface area contributed by atoms with E-state index in [4.69, 9.17) is 4.74 Å². The van der Waals surface area contributed by atoms with E-state index < -0.39 is 17.0 Å². The first kappa shape index (κ1) is 20.2. The summed E-state index contributed by atoms with van der Waals surface area (Å²) in [6.45, 7) is 3.45. The van der Waals surface area contributed by atoms with Gasteiger partial charge in [-0.3, -0.25) is 14.5 Å². The van der Waals surface area contributed by atoms with Crippen LogP contribution in [0.4, 0.5) is 0 Å². The van der Waals surface area contributed by atoms with Crippen LogP contribution >= 0.6 is 0 Å². The molecule has 2 heterocycles. The number of hydrogen-bond donors (Lipinski definition) is 2. The number of aromatic nitrogens is 2. The maximum Gasteiger partial charge on any atom is 0.265 e.